The van der Waals surface area contributed by atoms with Gasteiger partial charge in [0.25, 0.3) is 0 Å². The maximum atomic E-state index is 13.7. The number of halogens is 1. The summed E-state index contributed by atoms with van der Waals surface area (Å²) < 4.78 is 19.3. The Labute approximate surface area is 89.5 Å². The molecule has 0 aromatic rings. The summed E-state index contributed by atoms with van der Waals surface area (Å²) in [5.74, 6) is 0.691. The SMILES string of the molecule is CCC1CC2COC[N@]3C[N@@]3C2C=C1F. The first-order chi connectivity index (χ1) is 7.29. The third-order valence-corrected chi connectivity index (χ3v) is 3.79. The van der Waals surface area contributed by atoms with E-state index < -0.39 is 0 Å². The lowest BCUT2D eigenvalue weighted by Gasteiger charge is -2.31. The van der Waals surface area contributed by atoms with Crippen LogP contribution in [0.3, 0.4) is 0 Å². The van der Waals surface area contributed by atoms with Gasteiger partial charge in [-0.05, 0) is 18.9 Å². The second-order valence-corrected chi connectivity index (χ2v) is 4.73. The Morgan fingerprint density at radius 1 is 1.60 bits per heavy atom. The number of ether oxygens (including phenoxy) is 1. The van der Waals surface area contributed by atoms with Crippen molar-refractivity contribution in [3.8, 4) is 0 Å². The monoisotopic (exact) mass is 212 g/mol. The van der Waals surface area contributed by atoms with Crippen LogP contribution in [0.2, 0.25) is 0 Å². The van der Waals surface area contributed by atoms with Gasteiger partial charge in [0.2, 0.25) is 0 Å². The largest absolute Gasteiger partial charge is 0.364 e. The van der Waals surface area contributed by atoms with Gasteiger partial charge in [-0.3, -0.25) is 0 Å². The average Bonchev–Trinajstić information content (AvgIpc) is 2.98. The Hall–Kier alpha value is -0.450. The first-order valence-corrected chi connectivity index (χ1v) is 5.76. The zero-order valence-electron chi connectivity index (χ0n) is 9.03. The van der Waals surface area contributed by atoms with Crippen LogP contribution in [-0.4, -0.2) is 36.1 Å². The Balaban J connectivity index is 1.83. The van der Waals surface area contributed by atoms with Crippen LogP contribution >= 0.6 is 0 Å². The number of nitrogens with zero attached hydrogens (tertiary/aromatic N) is 2. The predicted molar refractivity (Wildman–Crippen MR) is 54.2 cm³/mol. The van der Waals surface area contributed by atoms with Gasteiger partial charge < -0.3 is 4.74 Å². The number of allylic oxidation sites excluding steroid dienone is 1. The van der Waals surface area contributed by atoms with E-state index in [4.69, 9.17) is 4.74 Å². The smallest absolute Gasteiger partial charge is 0.113 e. The molecule has 3 unspecified atom stereocenters. The minimum atomic E-state index is 0.0903. The van der Waals surface area contributed by atoms with Crippen LogP contribution in [0.25, 0.3) is 0 Å². The van der Waals surface area contributed by atoms with Gasteiger partial charge in [0.15, 0.2) is 0 Å². The summed E-state index contributed by atoms with van der Waals surface area (Å²) >= 11 is 0. The molecule has 84 valence electrons. The molecule has 2 aliphatic heterocycles. The van der Waals surface area contributed by atoms with Gasteiger partial charge in [0, 0.05) is 11.8 Å². The highest BCUT2D eigenvalue weighted by Crippen LogP contribution is 2.39. The van der Waals surface area contributed by atoms with E-state index in [1.54, 1.807) is 0 Å². The number of rotatable bonds is 1. The van der Waals surface area contributed by atoms with Crippen LogP contribution in [0.4, 0.5) is 4.39 Å². The van der Waals surface area contributed by atoms with Crippen molar-refractivity contribution in [1.82, 2.24) is 10.0 Å². The summed E-state index contributed by atoms with van der Waals surface area (Å²) in [6.45, 7) is 4.44. The predicted octanol–water partition coefficient (Wildman–Crippen LogP) is 1.73. The highest BCUT2D eigenvalue weighted by molar-refractivity contribution is 5.12. The third-order valence-electron chi connectivity index (χ3n) is 3.79. The van der Waals surface area contributed by atoms with Crippen LogP contribution in [0, 0.1) is 11.8 Å². The molecule has 15 heavy (non-hydrogen) atoms. The van der Waals surface area contributed by atoms with Crippen molar-refractivity contribution in [2.24, 2.45) is 11.8 Å². The van der Waals surface area contributed by atoms with Crippen molar-refractivity contribution in [2.75, 3.05) is 20.0 Å². The van der Waals surface area contributed by atoms with Gasteiger partial charge in [0.1, 0.15) is 12.6 Å². The number of hydrazine groups is 1. The van der Waals surface area contributed by atoms with Crippen LogP contribution in [0.5, 0.6) is 0 Å². The molecule has 3 rings (SSSR count). The molecule has 2 saturated heterocycles. The van der Waals surface area contributed by atoms with Gasteiger partial charge in [-0.15, -0.1) is 0 Å². The quantitative estimate of drug-likeness (QED) is 0.615. The summed E-state index contributed by atoms with van der Waals surface area (Å²) in [4.78, 5) is 0. The maximum absolute atomic E-state index is 13.7. The van der Waals surface area contributed by atoms with Crippen molar-refractivity contribution in [1.29, 1.82) is 0 Å². The second kappa shape index (κ2) is 3.54. The van der Waals surface area contributed by atoms with Gasteiger partial charge in [-0.1, -0.05) is 6.92 Å². The van der Waals surface area contributed by atoms with Gasteiger partial charge in [-0.25, -0.2) is 9.40 Å². The first kappa shape index (κ1) is 9.75. The van der Waals surface area contributed by atoms with Crippen molar-refractivity contribution in [2.45, 2.75) is 25.8 Å². The van der Waals surface area contributed by atoms with Crippen molar-refractivity contribution in [3.05, 3.63) is 11.9 Å². The maximum Gasteiger partial charge on any atom is 0.113 e. The van der Waals surface area contributed by atoms with Crippen LogP contribution in [0.15, 0.2) is 11.9 Å². The molecule has 3 nitrogen and oxygen atoms in total. The summed E-state index contributed by atoms with van der Waals surface area (Å²) in [7, 11) is 0. The molecular weight excluding hydrogens is 195 g/mol. The lowest BCUT2D eigenvalue weighted by molar-refractivity contribution is 0.0607. The summed E-state index contributed by atoms with van der Waals surface area (Å²) in [5, 5.41) is 4.34. The zero-order chi connectivity index (χ0) is 10.4. The molecule has 4 heteroatoms. The molecule has 0 aromatic heterocycles. The number of hydrogen-bond acceptors (Lipinski definition) is 3. The highest BCUT2D eigenvalue weighted by Gasteiger charge is 2.45. The van der Waals surface area contributed by atoms with Crippen molar-refractivity contribution >= 4 is 0 Å². The highest BCUT2D eigenvalue weighted by atomic mass is 19.1. The summed E-state index contributed by atoms with van der Waals surface area (Å²) in [6.07, 6.45) is 3.65. The minimum absolute atomic E-state index is 0.0903. The lowest BCUT2D eigenvalue weighted by atomic mass is 9.81. The molecule has 2 heterocycles. The van der Waals surface area contributed by atoms with Gasteiger partial charge in [0.05, 0.1) is 19.3 Å². The molecule has 0 aromatic carbocycles. The second-order valence-electron chi connectivity index (χ2n) is 4.73. The lowest BCUT2D eigenvalue weighted by Crippen LogP contribution is -2.34. The first-order valence-electron chi connectivity index (χ1n) is 5.76. The van der Waals surface area contributed by atoms with E-state index in [1.807, 2.05) is 6.08 Å². The van der Waals surface area contributed by atoms with Gasteiger partial charge in [-0.2, -0.15) is 5.01 Å². The standard InChI is InChI=1S/C11H17FN2O/c1-2-8-3-9-5-15-7-13-6-14(13)11(9)4-10(8)12/h4,8-9,11H,2-3,5-7H2,1H3/t8?,9?,11?,13-,14-/m0/s1. The van der Waals surface area contributed by atoms with E-state index in [1.165, 1.54) is 0 Å². The van der Waals surface area contributed by atoms with E-state index >= 15 is 0 Å². The fraction of sp³-hybridized carbons (Fsp3) is 0.818. The van der Waals surface area contributed by atoms with Crippen LogP contribution < -0.4 is 0 Å². The van der Waals surface area contributed by atoms with Crippen molar-refractivity contribution < 1.29 is 9.13 Å². The normalized spacial score (nSPS) is 48.7. The number of fused-ring (bicyclic) bond motifs is 3. The molecule has 0 bridgehead atoms. The Morgan fingerprint density at radius 2 is 2.47 bits per heavy atom. The Morgan fingerprint density at radius 3 is 3.27 bits per heavy atom. The van der Waals surface area contributed by atoms with Crippen molar-refractivity contribution in [3.63, 3.8) is 0 Å². The molecule has 0 spiro atoms. The van der Waals surface area contributed by atoms with E-state index in [0.717, 1.165) is 26.1 Å². The molecule has 5 atom stereocenters. The molecule has 1 aliphatic carbocycles. The molecule has 0 amide bonds. The molecule has 3 aliphatic rings. The van der Waals surface area contributed by atoms with Crippen LogP contribution in [0.1, 0.15) is 19.8 Å². The van der Waals surface area contributed by atoms with Crippen LogP contribution in [-0.2, 0) is 4.74 Å². The molecule has 0 radical (unpaired) electrons. The fourth-order valence-corrected chi connectivity index (χ4v) is 2.76. The topological polar surface area (TPSA) is 15.2 Å². The summed E-state index contributed by atoms with van der Waals surface area (Å²) in [6, 6.07) is 0.246. The van der Waals surface area contributed by atoms with E-state index in [9.17, 15) is 4.39 Å². The van der Waals surface area contributed by atoms with E-state index in [0.29, 0.717) is 12.6 Å². The molecule has 0 N–H and O–H groups in total. The number of hydrogen-bond donors (Lipinski definition) is 0. The van der Waals surface area contributed by atoms with E-state index in [2.05, 4.69) is 16.9 Å². The Bertz CT molecular complexity index is 294. The molecule has 2 fully saturated rings. The van der Waals surface area contributed by atoms with Gasteiger partial charge >= 0.3 is 0 Å². The zero-order valence-corrected chi connectivity index (χ0v) is 9.03. The average molecular weight is 212 g/mol. The summed E-state index contributed by atoms with van der Waals surface area (Å²) in [5.41, 5.74) is 0. The molecular formula is C11H17FN2O. The molecule has 0 saturated carbocycles. The minimum Gasteiger partial charge on any atom is -0.364 e. The fourth-order valence-electron chi connectivity index (χ4n) is 2.76. The Kier molecular flexibility index (Phi) is 2.30. The van der Waals surface area contributed by atoms with E-state index in [-0.39, 0.29) is 17.8 Å². The third kappa shape index (κ3) is 1.61.